The van der Waals surface area contributed by atoms with Crippen molar-refractivity contribution in [3.63, 3.8) is 0 Å². The molecule has 0 bridgehead atoms. The fraction of sp³-hybridized carbons (Fsp3) is 0.556. The summed E-state index contributed by atoms with van der Waals surface area (Å²) in [5.41, 5.74) is 9.10. The molecule has 1 heteroatoms. The van der Waals surface area contributed by atoms with Crippen LogP contribution in [0.5, 0.6) is 0 Å². The molecule has 0 saturated heterocycles. The summed E-state index contributed by atoms with van der Waals surface area (Å²) in [5.74, 6) is 1.48. The van der Waals surface area contributed by atoms with Crippen molar-refractivity contribution in [3.8, 4) is 11.1 Å². The first-order valence-electron chi connectivity index (χ1n) is 11.5. The highest BCUT2D eigenvalue weighted by Crippen LogP contribution is 2.64. The summed E-state index contributed by atoms with van der Waals surface area (Å²) >= 11 is 7.07. The van der Waals surface area contributed by atoms with E-state index in [4.69, 9.17) is 11.6 Å². The Morgan fingerprint density at radius 2 is 1.36 bits per heavy atom. The zero-order chi connectivity index (χ0) is 19.3. The van der Waals surface area contributed by atoms with E-state index in [0.29, 0.717) is 0 Å². The first kappa shape index (κ1) is 18.7. The van der Waals surface area contributed by atoms with Gasteiger partial charge in [-0.1, -0.05) is 80.0 Å². The Morgan fingerprint density at radius 1 is 0.750 bits per heavy atom. The van der Waals surface area contributed by atoms with Gasteiger partial charge in [0.05, 0.1) is 0 Å². The number of hydrogen-bond acceptors (Lipinski definition) is 0. The van der Waals surface area contributed by atoms with E-state index < -0.39 is 0 Å². The Kier molecular flexibility index (Phi) is 4.82. The second kappa shape index (κ2) is 7.21. The molecule has 0 atom stereocenters. The van der Waals surface area contributed by atoms with Gasteiger partial charge in [-0.2, -0.15) is 0 Å². The predicted molar refractivity (Wildman–Crippen MR) is 120 cm³/mol. The van der Waals surface area contributed by atoms with Crippen LogP contribution in [0.2, 0.25) is 5.02 Å². The highest BCUT2D eigenvalue weighted by Gasteiger charge is 2.54. The Labute approximate surface area is 175 Å². The van der Waals surface area contributed by atoms with Gasteiger partial charge >= 0.3 is 0 Å². The highest BCUT2D eigenvalue weighted by molar-refractivity contribution is 6.32. The lowest BCUT2D eigenvalue weighted by Gasteiger charge is -2.49. The van der Waals surface area contributed by atoms with E-state index in [1.807, 2.05) is 0 Å². The molecule has 0 amide bonds. The molecule has 0 N–H and O–H groups in total. The van der Waals surface area contributed by atoms with E-state index in [9.17, 15) is 0 Å². The molecule has 2 fully saturated rings. The predicted octanol–water partition coefficient (Wildman–Crippen LogP) is 8.38. The van der Waals surface area contributed by atoms with Gasteiger partial charge in [-0.3, -0.25) is 0 Å². The topological polar surface area (TPSA) is 0 Å². The number of aryl methyl sites for hydroxylation is 2. The second-order valence-corrected chi connectivity index (χ2v) is 10.1. The molecular weight excluding hydrogens is 360 g/mol. The summed E-state index contributed by atoms with van der Waals surface area (Å²) in [4.78, 5) is 0. The average molecular weight is 393 g/mol. The lowest BCUT2D eigenvalue weighted by atomic mass is 9.54. The molecule has 2 aromatic carbocycles. The van der Waals surface area contributed by atoms with Gasteiger partial charge in [-0.15, -0.1) is 0 Å². The molecule has 3 aliphatic carbocycles. The first-order chi connectivity index (χ1) is 13.6. The van der Waals surface area contributed by atoms with Crippen LogP contribution in [0.15, 0.2) is 30.3 Å². The van der Waals surface area contributed by atoms with Gasteiger partial charge in [0.15, 0.2) is 0 Å². The van der Waals surface area contributed by atoms with Crippen LogP contribution < -0.4 is 0 Å². The molecule has 0 heterocycles. The largest absolute Gasteiger partial charge is 0.0840 e. The van der Waals surface area contributed by atoms with E-state index in [0.717, 1.165) is 16.9 Å². The second-order valence-electron chi connectivity index (χ2n) is 9.71. The van der Waals surface area contributed by atoms with Gasteiger partial charge in [0, 0.05) is 10.4 Å². The maximum absolute atomic E-state index is 7.07. The zero-order valence-corrected chi connectivity index (χ0v) is 18.2. The van der Waals surface area contributed by atoms with Crippen molar-refractivity contribution in [2.24, 2.45) is 11.8 Å². The molecule has 0 aromatic heterocycles. The highest BCUT2D eigenvalue weighted by atomic mass is 35.5. The van der Waals surface area contributed by atoms with Crippen LogP contribution in [-0.4, -0.2) is 0 Å². The lowest BCUT2D eigenvalue weighted by molar-refractivity contribution is 0.137. The smallest absolute Gasteiger partial charge is 0.0453 e. The normalized spacial score (nSPS) is 22.1. The van der Waals surface area contributed by atoms with E-state index >= 15 is 0 Å². The van der Waals surface area contributed by atoms with Crippen LogP contribution in [-0.2, 0) is 5.41 Å². The maximum Gasteiger partial charge on any atom is 0.0453 e. The molecule has 2 aromatic rings. The van der Waals surface area contributed by atoms with E-state index in [1.54, 1.807) is 5.56 Å². The standard InChI is InChI=1S/C27H33Cl/c1-18-16-19(2)25-23(17-18)22-14-9-15-24(28)26(22)27(25,20-10-5-3-6-11-20)21-12-7-4-8-13-21/h9,14-17,20-21H,3-8,10-13H2,1-2H3. The van der Waals surface area contributed by atoms with Crippen LogP contribution in [0, 0.1) is 25.7 Å². The molecule has 28 heavy (non-hydrogen) atoms. The summed E-state index contributed by atoms with van der Waals surface area (Å²) in [6.07, 6.45) is 13.8. The Bertz CT molecular complexity index is 863. The van der Waals surface area contributed by atoms with Gasteiger partial charge in [0.2, 0.25) is 0 Å². The first-order valence-corrected chi connectivity index (χ1v) is 11.9. The number of halogens is 1. The van der Waals surface area contributed by atoms with Gasteiger partial charge < -0.3 is 0 Å². The third kappa shape index (κ3) is 2.63. The number of hydrogen-bond donors (Lipinski definition) is 0. The molecule has 0 aliphatic heterocycles. The van der Waals surface area contributed by atoms with Crippen LogP contribution in [0.25, 0.3) is 11.1 Å². The molecular formula is C27H33Cl. The minimum atomic E-state index is 0.141. The molecule has 0 nitrogen and oxygen atoms in total. The van der Waals surface area contributed by atoms with E-state index in [-0.39, 0.29) is 5.41 Å². The van der Waals surface area contributed by atoms with Gasteiger partial charge in [-0.25, -0.2) is 0 Å². The maximum atomic E-state index is 7.07. The van der Waals surface area contributed by atoms with Crippen LogP contribution in [0.3, 0.4) is 0 Å². The number of rotatable bonds is 2. The van der Waals surface area contributed by atoms with Crippen LogP contribution >= 0.6 is 11.6 Å². The van der Waals surface area contributed by atoms with Gasteiger partial charge in [-0.05, 0) is 85.3 Å². The fourth-order valence-corrected chi connectivity index (χ4v) is 7.62. The molecule has 5 rings (SSSR count). The summed E-state index contributed by atoms with van der Waals surface area (Å²) in [6, 6.07) is 11.6. The summed E-state index contributed by atoms with van der Waals surface area (Å²) in [5, 5.41) is 1.02. The van der Waals surface area contributed by atoms with Gasteiger partial charge in [0.1, 0.15) is 0 Å². The SMILES string of the molecule is Cc1cc(C)c2c(c1)-c1cccc(Cl)c1C2(C1CCCCC1)C1CCCCC1. The minimum Gasteiger partial charge on any atom is -0.0840 e. The van der Waals surface area contributed by atoms with E-state index in [1.165, 1.54) is 92.0 Å². The summed E-state index contributed by atoms with van der Waals surface area (Å²) in [7, 11) is 0. The Balaban J connectivity index is 1.85. The molecule has 2 saturated carbocycles. The van der Waals surface area contributed by atoms with Crippen molar-refractivity contribution >= 4 is 11.6 Å². The third-order valence-corrected chi connectivity index (χ3v) is 8.42. The quantitative estimate of drug-likeness (QED) is 0.481. The monoisotopic (exact) mass is 392 g/mol. The molecule has 0 radical (unpaired) electrons. The number of fused-ring (bicyclic) bond motifs is 3. The average Bonchev–Trinajstić information content (AvgIpc) is 3.02. The molecule has 0 unspecified atom stereocenters. The molecule has 148 valence electrons. The van der Waals surface area contributed by atoms with Crippen molar-refractivity contribution in [3.05, 3.63) is 57.6 Å². The molecule has 3 aliphatic rings. The van der Waals surface area contributed by atoms with Crippen molar-refractivity contribution in [2.75, 3.05) is 0 Å². The van der Waals surface area contributed by atoms with Crippen molar-refractivity contribution < 1.29 is 0 Å². The van der Waals surface area contributed by atoms with E-state index in [2.05, 4.69) is 44.2 Å². The van der Waals surface area contributed by atoms with Crippen molar-refractivity contribution in [1.82, 2.24) is 0 Å². The Morgan fingerprint density at radius 3 is 1.96 bits per heavy atom. The third-order valence-electron chi connectivity index (χ3n) is 8.11. The van der Waals surface area contributed by atoms with Crippen molar-refractivity contribution in [2.45, 2.75) is 83.5 Å². The lowest BCUT2D eigenvalue weighted by Crippen LogP contribution is -2.44. The number of benzene rings is 2. The van der Waals surface area contributed by atoms with Crippen LogP contribution in [0.1, 0.15) is 86.5 Å². The van der Waals surface area contributed by atoms with Gasteiger partial charge in [0.25, 0.3) is 0 Å². The summed E-state index contributed by atoms with van der Waals surface area (Å²) < 4.78 is 0. The van der Waals surface area contributed by atoms with Crippen LogP contribution in [0.4, 0.5) is 0 Å². The van der Waals surface area contributed by atoms with Crippen molar-refractivity contribution in [1.29, 1.82) is 0 Å². The summed E-state index contributed by atoms with van der Waals surface area (Å²) in [6.45, 7) is 4.62. The molecule has 0 spiro atoms. The Hall–Kier alpha value is -1.27. The zero-order valence-electron chi connectivity index (χ0n) is 17.5. The minimum absolute atomic E-state index is 0.141. The fourth-order valence-electron chi connectivity index (χ4n) is 7.29.